The van der Waals surface area contributed by atoms with E-state index >= 15 is 0 Å². The largest absolute Gasteiger partial charge is 0.381 e. The van der Waals surface area contributed by atoms with Crippen molar-refractivity contribution in [1.82, 2.24) is 0 Å². The van der Waals surface area contributed by atoms with Gasteiger partial charge in [-0.2, -0.15) is 0 Å². The Labute approximate surface area is 118 Å². The van der Waals surface area contributed by atoms with Crippen LogP contribution in [0.5, 0.6) is 0 Å². The Morgan fingerprint density at radius 1 is 1.20 bits per heavy atom. The highest BCUT2D eigenvalue weighted by atomic mass is 16.6. The maximum absolute atomic E-state index is 11.0. The first-order valence-electron chi connectivity index (χ1n) is 6.67. The minimum Gasteiger partial charge on any atom is -0.381 e. The fraction of sp³-hybridized carbons (Fsp3) is 0.250. The molecule has 0 aliphatic heterocycles. The van der Waals surface area contributed by atoms with Crippen molar-refractivity contribution in [3.05, 3.63) is 69.3 Å². The number of rotatable bonds is 5. The lowest BCUT2D eigenvalue weighted by atomic mass is 10.1. The second-order valence-electron chi connectivity index (χ2n) is 4.80. The molecule has 0 aliphatic rings. The van der Waals surface area contributed by atoms with E-state index < -0.39 is 0 Å². The zero-order valence-electron chi connectivity index (χ0n) is 11.7. The molecule has 1 N–H and O–H groups in total. The SMILES string of the molecule is CCc1ccc(NCc2cccc(C)c2)cc1[N+](=O)[O-]. The lowest BCUT2D eigenvalue weighted by molar-refractivity contribution is -0.385. The summed E-state index contributed by atoms with van der Waals surface area (Å²) < 4.78 is 0. The fourth-order valence-electron chi connectivity index (χ4n) is 2.17. The maximum Gasteiger partial charge on any atom is 0.274 e. The summed E-state index contributed by atoms with van der Waals surface area (Å²) in [5.74, 6) is 0. The molecule has 2 aromatic rings. The lowest BCUT2D eigenvalue weighted by Gasteiger charge is -2.08. The van der Waals surface area contributed by atoms with Crippen molar-refractivity contribution in [2.75, 3.05) is 5.32 Å². The molecule has 0 aromatic heterocycles. The standard InChI is InChI=1S/C16H18N2O2/c1-3-14-7-8-15(10-16(14)18(19)20)17-11-13-6-4-5-12(2)9-13/h4-10,17H,3,11H2,1-2H3. The Hall–Kier alpha value is -2.36. The van der Waals surface area contributed by atoms with Crippen molar-refractivity contribution in [2.24, 2.45) is 0 Å². The highest BCUT2D eigenvalue weighted by molar-refractivity contribution is 5.55. The van der Waals surface area contributed by atoms with Gasteiger partial charge in [0.2, 0.25) is 0 Å². The molecule has 20 heavy (non-hydrogen) atoms. The van der Waals surface area contributed by atoms with Crippen LogP contribution in [0.4, 0.5) is 11.4 Å². The first kappa shape index (κ1) is 14.1. The molecular weight excluding hydrogens is 252 g/mol. The van der Waals surface area contributed by atoms with Gasteiger partial charge in [-0.3, -0.25) is 10.1 Å². The molecule has 0 spiro atoms. The molecule has 0 saturated carbocycles. The normalized spacial score (nSPS) is 10.3. The van der Waals surface area contributed by atoms with Gasteiger partial charge in [0, 0.05) is 23.9 Å². The third kappa shape index (κ3) is 3.35. The average molecular weight is 270 g/mol. The van der Waals surface area contributed by atoms with Crippen LogP contribution < -0.4 is 5.32 Å². The second-order valence-corrected chi connectivity index (χ2v) is 4.80. The predicted molar refractivity (Wildman–Crippen MR) is 81.0 cm³/mol. The summed E-state index contributed by atoms with van der Waals surface area (Å²) in [7, 11) is 0. The molecule has 0 unspecified atom stereocenters. The quantitative estimate of drug-likeness (QED) is 0.658. The monoisotopic (exact) mass is 270 g/mol. The topological polar surface area (TPSA) is 55.2 Å². The molecule has 0 fully saturated rings. The number of hydrogen-bond donors (Lipinski definition) is 1. The Bertz CT molecular complexity index is 624. The van der Waals surface area contributed by atoms with Crippen molar-refractivity contribution in [3.63, 3.8) is 0 Å². The molecule has 4 heteroatoms. The van der Waals surface area contributed by atoms with E-state index in [1.807, 2.05) is 44.2 Å². The minimum absolute atomic E-state index is 0.182. The van der Waals surface area contributed by atoms with Crippen LogP contribution >= 0.6 is 0 Å². The van der Waals surface area contributed by atoms with E-state index in [1.54, 1.807) is 6.07 Å². The molecule has 4 nitrogen and oxygen atoms in total. The average Bonchev–Trinajstić information content (AvgIpc) is 2.45. The Kier molecular flexibility index (Phi) is 4.35. The molecule has 0 radical (unpaired) electrons. The number of anilines is 1. The predicted octanol–water partition coefficient (Wildman–Crippen LogP) is 4.08. The van der Waals surface area contributed by atoms with Crippen LogP contribution in [0.1, 0.15) is 23.6 Å². The van der Waals surface area contributed by atoms with Crippen LogP contribution in [-0.2, 0) is 13.0 Å². The van der Waals surface area contributed by atoms with Crippen molar-refractivity contribution in [2.45, 2.75) is 26.8 Å². The van der Waals surface area contributed by atoms with Crippen LogP contribution in [0, 0.1) is 17.0 Å². The number of benzene rings is 2. The first-order chi connectivity index (χ1) is 9.60. The molecule has 2 aromatic carbocycles. The highest BCUT2D eigenvalue weighted by Gasteiger charge is 2.12. The number of nitro groups is 1. The van der Waals surface area contributed by atoms with Gasteiger partial charge in [0.25, 0.3) is 5.69 Å². The maximum atomic E-state index is 11.0. The lowest BCUT2D eigenvalue weighted by Crippen LogP contribution is -2.01. The van der Waals surface area contributed by atoms with Gasteiger partial charge in [-0.15, -0.1) is 0 Å². The van der Waals surface area contributed by atoms with Crippen LogP contribution in [0.15, 0.2) is 42.5 Å². The molecular formula is C16H18N2O2. The summed E-state index contributed by atoms with van der Waals surface area (Å²) in [5.41, 5.74) is 4.08. The molecule has 0 amide bonds. The third-order valence-electron chi connectivity index (χ3n) is 3.24. The zero-order chi connectivity index (χ0) is 14.5. The van der Waals surface area contributed by atoms with E-state index in [9.17, 15) is 10.1 Å². The van der Waals surface area contributed by atoms with Gasteiger partial charge < -0.3 is 5.32 Å². The summed E-state index contributed by atoms with van der Waals surface area (Å²) in [5, 5.41) is 14.3. The fourth-order valence-corrected chi connectivity index (χ4v) is 2.17. The number of hydrogen-bond acceptors (Lipinski definition) is 3. The second kappa shape index (κ2) is 6.19. The Morgan fingerprint density at radius 3 is 2.65 bits per heavy atom. The van der Waals surface area contributed by atoms with Gasteiger partial charge in [-0.05, 0) is 25.0 Å². The molecule has 2 rings (SSSR count). The van der Waals surface area contributed by atoms with E-state index in [0.717, 1.165) is 16.8 Å². The number of nitrogens with one attached hydrogen (secondary N) is 1. The first-order valence-corrected chi connectivity index (χ1v) is 6.67. The van der Waals surface area contributed by atoms with Crippen molar-refractivity contribution in [3.8, 4) is 0 Å². The minimum atomic E-state index is -0.323. The van der Waals surface area contributed by atoms with Crippen LogP contribution in [-0.4, -0.2) is 4.92 Å². The Balaban J connectivity index is 2.14. The van der Waals surface area contributed by atoms with E-state index in [0.29, 0.717) is 13.0 Å². The summed E-state index contributed by atoms with van der Waals surface area (Å²) in [6.07, 6.45) is 0.661. The zero-order valence-corrected chi connectivity index (χ0v) is 11.7. The summed E-state index contributed by atoms with van der Waals surface area (Å²) in [6.45, 7) is 4.62. The van der Waals surface area contributed by atoms with Gasteiger partial charge in [-0.1, -0.05) is 42.8 Å². The van der Waals surface area contributed by atoms with Crippen molar-refractivity contribution in [1.29, 1.82) is 0 Å². The molecule has 0 atom stereocenters. The molecule has 0 bridgehead atoms. The van der Waals surface area contributed by atoms with Crippen molar-refractivity contribution >= 4 is 11.4 Å². The third-order valence-corrected chi connectivity index (χ3v) is 3.24. The van der Waals surface area contributed by atoms with Crippen LogP contribution in [0.25, 0.3) is 0 Å². The van der Waals surface area contributed by atoms with E-state index in [2.05, 4.69) is 11.4 Å². The summed E-state index contributed by atoms with van der Waals surface area (Å²) >= 11 is 0. The van der Waals surface area contributed by atoms with Crippen molar-refractivity contribution < 1.29 is 4.92 Å². The Morgan fingerprint density at radius 2 is 2.00 bits per heavy atom. The molecule has 104 valence electrons. The van der Waals surface area contributed by atoms with E-state index in [1.165, 1.54) is 5.56 Å². The van der Waals surface area contributed by atoms with E-state index in [-0.39, 0.29) is 10.6 Å². The highest BCUT2D eigenvalue weighted by Crippen LogP contribution is 2.24. The smallest absolute Gasteiger partial charge is 0.274 e. The molecule has 0 saturated heterocycles. The van der Waals surface area contributed by atoms with Crippen LogP contribution in [0.3, 0.4) is 0 Å². The van der Waals surface area contributed by atoms with Gasteiger partial charge >= 0.3 is 0 Å². The van der Waals surface area contributed by atoms with E-state index in [4.69, 9.17) is 0 Å². The molecule has 0 heterocycles. The van der Waals surface area contributed by atoms with Gasteiger partial charge in [-0.25, -0.2) is 0 Å². The van der Waals surface area contributed by atoms with Gasteiger partial charge in [0.1, 0.15) is 0 Å². The number of aryl methyl sites for hydroxylation is 2. The summed E-state index contributed by atoms with van der Waals surface area (Å²) in [4.78, 5) is 10.7. The number of nitrogens with zero attached hydrogens (tertiary/aromatic N) is 1. The number of nitro benzene ring substituents is 1. The van der Waals surface area contributed by atoms with Gasteiger partial charge in [0.05, 0.1) is 4.92 Å². The van der Waals surface area contributed by atoms with Crippen LogP contribution in [0.2, 0.25) is 0 Å². The molecule has 0 aliphatic carbocycles. The van der Waals surface area contributed by atoms with Gasteiger partial charge in [0.15, 0.2) is 0 Å². The summed E-state index contributed by atoms with van der Waals surface area (Å²) in [6, 6.07) is 13.5.